The van der Waals surface area contributed by atoms with Crippen LogP contribution >= 0.6 is 0 Å². The molecule has 0 aliphatic carbocycles. The second kappa shape index (κ2) is 8.74. The van der Waals surface area contributed by atoms with Crippen molar-refractivity contribution in [3.05, 3.63) is 77.7 Å². The number of pyridine rings is 1. The molecule has 7 nitrogen and oxygen atoms in total. The lowest BCUT2D eigenvalue weighted by Gasteiger charge is -2.07. The number of hydrogen-bond donors (Lipinski definition) is 3. The third-order valence-corrected chi connectivity index (χ3v) is 4.73. The number of H-pyrrole nitrogens is 1. The Kier molecular flexibility index (Phi) is 5.70. The third-order valence-electron chi connectivity index (χ3n) is 4.73. The van der Waals surface area contributed by atoms with Crippen molar-refractivity contribution >= 4 is 28.7 Å². The average molecular weight is 417 g/mol. The van der Waals surface area contributed by atoms with Crippen LogP contribution in [-0.2, 0) is 11.2 Å². The Morgan fingerprint density at radius 3 is 2.48 bits per heavy atom. The fourth-order valence-corrected chi connectivity index (χ4v) is 3.22. The molecule has 3 N–H and O–H groups in total. The first-order valence-corrected chi connectivity index (χ1v) is 9.75. The van der Waals surface area contributed by atoms with E-state index in [1.807, 2.05) is 24.3 Å². The molecule has 2 heterocycles. The molecule has 8 heteroatoms. The van der Waals surface area contributed by atoms with E-state index < -0.39 is 0 Å². The maximum atomic E-state index is 13.2. The van der Waals surface area contributed by atoms with Gasteiger partial charge >= 0.3 is 0 Å². The van der Waals surface area contributed by atoms with Gasteiger partial charge in [-0.05, 0) is 54.4 Å². The summed E-state index contributed by atoms with van der Waals surface area (Å²) in [6, 6.07) is 15.0. The summed E-state index contributed by atoms with van der Waals surface area (Å²) >= 11 is 0. The summed E-state index contributed by atoms with van der Waals surface area (Å²) in [4.78, 5) is 35.6. The number of aromatic nitrogens is 3. The van der Waals surface area contributed by atoms with Gasteiger partial charge in [0, 0.05) is 30.9 Å². The summed E-state index contributed by atoms with van der Waals surface area (Å²) in [6.07, 6.45) is 2.18. The molecular weight excluding hydrogens is 397 g/mol. The summed E-state index contributed by atoms with van der Waals surface area (Å²) in [5.41, 5.74) is 3.85. The highest BCUT2D eigenvalue weighted by atomic mass is 19.1. The molecule has 0 saturated heterocycles. The number of hydrogen-bond acceptors (Lipinski definition) is 4. The van der Waals surface area contributed by atoms with Gasteiger partial charge in [0.15, 0.2) is 5.65 Å². The van der Waals surface area contributed by atoms with Crippen LogP contribution in [0.2, 0.25) is 0 Å². The van der Waals surface area contributed by atoms with Gasteiger partial charge < -0.3 is 15.6 Å². The lowest BCUT2D eigenvalue weighted by atomic mass is 10.1. The van der Waals surface area contributed by atoms with Gasteiger partial charge in [0.05, 0.1) is 11.1 Å². The number of nitrogens with zero attached hydrogens (tertiary/aromatic N) is 2. The quantitative estimate of drug-likeness (QED) is 0.445. The lowest BCUT2D eigenvalue weighted by Crippen LogP contribution is -2.26. The summed E-state index contributed by atoms with van der Waals surface area (Å²) in [5, 5.41) is 5.63. The summed E-state index contributed by atoms with van der Waals surface area (Å²) in [7, 11) is 0. The topological polar surface area (TPSA) is 99.8 Å². The van der Waals surface area contributed by atoms with E-state index in [1.165, 1.54) is 25.3 Å². The average Bonchev–Trinajstić information content (AvgIpc) is 3.19. The zero-order valence-corrected chi connectivity index (χ0v) is 16.8. The Balaban J connectivity index is 1.44. The minimum Gasteiger partial charge on any atom is -0.352 e. The highest BCUT2D eigenvalue weighted by Crippen LogP contribution is 2.22. The molecule has 4 rings (SSSR count). The van der Waals surface area contributed by atoms with Gasteiger partial charge in [-0.25, -0.2) is 14.4 Å². The zero-order valence-electron chi connectivity index (χ0n) is 16.8. The number of aromatic amines is 1. The normalized spacial score (nSPS) is 10.8. The second-order valence-electron chi connectivity index (χ2n) is 7.03. The Hall–Kier alpha value is -4.07. The molecule has 0 fully saturated rings. The third kappa shape index (κ3) is 4.75. The minimum absolute atomic E-state index is 0.120. The predicted octanol–water partition coefficient (Wildman–Crippen LogP) is 3.69. The van der Waals surface area contributed by atoms with Crippen LogP contribution in [0, 0.1) is 5.82 Å². The van der Waals surface area contributed by atoms with E-state index in [0.29, 0.717) is 41.1 Å². The molecule has 2 amide bonds. The highest BCUT2D eigenvalue weighted by Gasteiger charge is 2.15. The monoisotopic (exact) mass is 417 g/mol. The zero-order chi connectivity index (χ0) is 21.8. The summed E-state index contributed by atoms with van der Waals surface area (Å²) < 4.78 is 13.2. The second-order valence-corrected chi connectivity index (χ2v) is 7.03. The van der Waals surface area contributed by atoms with Crippen LogP contribution < -0.4 is 10.6 Å². The van der Waals surface area contributed by atoms with Crippen molar-refractivity contribution in [2.45, 2.75) is 13.3 Å². The van der Waals surface area contributed by atoms with Gasteiger partial charge in [0.1, 0.15) is 11.6 Å². The van der Waals surface area contributed by atoms with Crippen LogP contribution in [0.15, 0.2) is 60.8 Å². The molecule has 0 aliphatic heterocycles. The number of nitrogens with one attached hydrogen (secondary N) is 3. The molecule has 0 unspecified atom stereocenters. The van der Waals surface area contributed by atoms with Crippen LogP contribution in [0.5, 0.6) is 0 Å². The number of benzene rings is 2. The standard InChI is InChI=1S/C23H20FN5O2/c1-14(30)27-18-8-2-15(3-9-18)10-12-26-23(31)19-11-13-25-22-20(19)28-21(29-22)16-4-6-17(24)7-5-16/h2-9,11,13H,10,12H2,1H3,(H,26,31)(H,27,30)(H,25,28,29). The van der Waals surface area contributed by atoms with Crippen molar-refractivity contribution in [2.24, 2.45) is 0 Å². The van der Waals surface area contributed by atoms with Crippen molar-refractivity contribution in [3.63, 3.8) is 0 Å². The number of amides is 2. The van der Waals surface area contributed by atoms with Gasteiger partial charge in [-0.1, -0.05) is 12.1 Å². The first-order chi connectivity index (χ1) is 15.0. The number of rotatable bonds is 6. The highest BCUT2D eigenvalue weighted by molar-refractivity contribution is 6.04. The lowest BCUT2D eigenvalue weighted by molar-refractivity contribution is -0.114. The number of fused-ring (bicyclic) bond motifs is 1. The maximum Gasteiger partial charge on any atom is 0.253 e. The Morgan fingerprint density at radius 2 is 1.77 bits per heavy atom. The number of halogens is 1. The Bertz CT molecular complexity index is 1230. The molecule has 0 spiro atoms. The van der Waals surface area contributed by atoms with Gasteiger partial charge in [-0.15, -0.1) is 0 Å². The molecule has 0 bridgehead atoms. The summed E-state index contributed by atoms with van der Waals surface area (Å²) in [5.74, 6) is -0.175. The van der Waals surface area contributed by atoms with Gasteiger partial charge in [0.25, 0.3) is 5.91 Å². The first kappa shape index (κ1) is 20.2. The fraction of sp³-hybridized carbons (Fsp3) is 0.130. The van der Waals surface area contributed by atoms with E-state index in [-0.39, 0.29) is 17.6 Å². The van der Waals surface area contributed by atoms with Crippen molar-refractivity contribution in [2.75, 3.05) is 11.9 Å². The van der Waals surface area contributed by atoms with E-state index >= 15 is 0 Å². The van der Waals surface area contributed by atoms with Crippen LogP contribution in [0.1, 0.15) is 22.8 Å². The molecule has 0 atom stereocenters. The fourth-order valence-electron chi connectivity index (χ4n) is 3.22. The number of anilines is 1. The Morgan fingerprint density at radius 1 is 1.03 bits per heavy atom. The smallest absolute Gasteiger partial charge is 0.253 e. The SMILES string of the molecule is CC(=O)Nc1ccc(CCNC(=O)c2ccnc3nc(-c4ccc(F)cc4)[nH]c23)cc1. The molecule has 2 aromatic carbocycles. The maximum absolute atomic E-state index is 13.2. The first-order valence-electron chi connectivity index (χ1n) is 9.75. The van der Waals surface area contributed by atoms with Crippen molar-refractivity contribution in [1.82, 2.24) is 20.3 Å². The largest absolute Gasteiger partial charge is 0.352 e. The van der Waals surface area contributed by atoms with E-state index in [1.54, 1.807) is 18.2 Å². The minimum atomic E-state index is -0.331. The van der Waals surface area contributed by atoms with Crippen LogP contribution in [0.25, 0.3) is 22.6 Å². The van der Waals surface area contributed by atoms with Gasteiger partial charge in [0.2, 0.25) is 5.91 Å². The molecule has 2 aromatic heterocycles. The van der Waals surface area contributed by atoms with Crippen molar-refractivity contribution in [1.29, 1.82) is 0 Å². The Labute approximate surface area is 177 Å². The molecule has 31 heavy (non-hydrogen) atoms. The van der Waals surface area contributed by atoms with Gasteiger partial charge in [-0.3, -0.25) is 9.59 Å². The van der Waals surface area contributed by atoms with Gasteiger partial charge in [-0.2, -0.15) is 0 Å². The number of carbonyl (C=O) groups excluding carboxylic acids is 2. The molecule has 0 aliphatic rings. The van der Waals surface area contributed by atoms with Crippen molar-refractivity contribution < 1.29 is 14.0 Å². The van der Waals surface area contributed by atoms with E-state index in [2.05, 4.69) is 25.6 Å². The van der Waals surface area contributed by atoms with Crippen molar-refractivity contribution in [3.8, 4) is 11.4 Å². The van der Waals surface area contributed by atoms with E-state index in [0.717, 1.165) is 11.3 Å². The number of imidazole rings is 1. The number of carbonyl (C=O) groups is 2. The molecular formula is C23H20FN5O2. The summed E-state index contributed by atoms with van der Waals surface area (Å²) in [6.45, 7) is 1.91. The molecule has 4 aromatic rings. The predicted molar refractivity (Wildman–Crippen MR) is 116 cm³/mol. The van der Waals surface area contributed by atoms with Crippen LogP contribution in [-0.4, -0.2) is 33.3 Å². The van der Waals surface area contributed by atoms with E-state index in [4.69, 9.17) is 0 Å². The van der Waals surface area contributed by atoms with Crippen LogP contribution in [0.3, 0.4) is 0 Å². The molecule has 0 saturated carbocycles. The van der Waals surface area contributed by atoms with E-state index in [9.17, 15) is 14.0 Å². The van der Waals surface area contributed by atoms with Crippen LogP contribution in [0.4, 0.5) is 10.1 Å². The molecule has 0 radical (unpaired) electrons. The molecule has 156 valence electrons.